The van der Waals surface area contributed by atoms with Crippen molar-refractivity contribution in [2.24, 2.45) is 11.5 Å². The Kier molecular flexibility index (Phi) is 3.28. The van der Waals surface area contributed by atoms with Crippen molar-refractivity contribution in [3.63, 3.8) is 0 Å². The molecule has 0 bridgehead atoms. The third-order valence-electron chi connectivity index (χ3n) is 1.88. The first-order valence-corrected chi connectivity index (χ1v) is 4.53. The molecule has 0 heterocycles. The number of carbonyl (C=O) groups excluding carboxylic acids is 2. The Morgan fingerprint density at radius 3 is 1.93 bits per heavy atom. The van der Waals surface area contributed by atoms with Crippen molar-refractivity contribution in [2.45, 2.75) is 6.92 Å². The molecule has 2 amide bonds. The Balaban J connectivity index is 3.19. The molecule has 0 saturated heterocycles. The normalized spacial score (nSPS) is 9.67. The maximum absolute atomic E-state index is 11.0. The van der Waals surface area contributed by atoms with Gasteiger partial charge in [-0.1, -0.05) is 0 Å². The van der Waals surface area contributed by atoms with Crippen LogP contribution in [0.5, 0.6) is 0 Å². The molecule has 5 heteroatoms. The summed E-state index contributed by atoms with van der Waals surface area (Å²) in [5.41, 5.74) is 11.4. The van der Waals surface area contributed by atoms with Crippen LogP contribution >= 0.6 is 0 Å². The van der Waals surface area contributed by atoms with E-state index in [1.807, 2.05) is 6.92 Å². The van der Waals surface area contributed by atoms with Crippen LogP contribution in [-0.4, -0.2) is 18.4 Å². The quantitative estimate of drug-likeness (QED) is 0.662. The highest BCUT2D eigenvalue weighted by Gasteiger charge is 2.08. The summed E-state index contributed by atoms with van der Waals surface area (Å²) in [6, 6.07) is 4.54. The van der Waals surface area contributed by atoms with Gasteiger partial charge < -0.3 is 16.8 Å². The van der Waals surface area contributed by atoms with Crippen molar-refractivity contribution in [2.75, 3.05) is 11.9 Å². The number of benzene rings is 1. The van der Waals surface area contributed by atoms with Crippen LogP contribution < -0.4 is 16.8 Å². The number of amides is 2. The number of rotatable bonds is 4. The molecule has 80 valence electrons. The van der Waals surface area contributed by atoms with Gasteiger partial charge in [-0.25, -0.2) is 0 Å². The summed E-state index contributed by atoms with van der Waals surface area (Å²) in [4.78, 5) is 21.9. The molecule has 1 aromatic carbocycles. The van der Waals surface area contributed by atoms with E-state index in [4.69, 9.17) is 11.5 Å². The molecule has 1 aromatic rings. The molecule has 0 spiro atoms. The maximum Gasteiger partial charge on any atom is 0.248 e. The Labute approximate surface area is 87.4 Å². The zero-order valence-corrected chi connectivity index (χ0v) is 8.41. The Bertz CT molecular complexity index is 369. The predicted octanol–water partition coefficient (Wildman–Crippen LogP) is 0.316. The van der Waals surface area contributed by atoms with E-state index in [1.54, 1.807) is 12.1 Å². The smallest absolute Gasteiger partial charge is 0.248 e. The fraction of sp³-hybridized carbons (Fsp3) is 0.200. The van der Waals surface area contributed by atoms with E-state index in [2.05, 4.69) is 5.32 Å². The van der Waals surface area contributed by atoms with Gasteiger partial charge in [-0.3, -0.25) is 9.59 Å². The third-order valence-corrected chi connectivity index (χ3v) is 1.88. The summed E-state index contributed by atoms with van der Waals surface area (Å²) in [5.74, 6) is -1.17. The summed E-state index contributed by atoms with van der Waals surface area (Å²) in [5, 5.41) is 2.98. The molecule has 0 radical (unpaired) electrons. The Hall–Kier alpha value is -2.04. The highest BCUT2D eigenvalue weighted by Crippen LogP contribution is 2.14. The minimum absolute atomic E-state index is 0.266. The van der Waals surface area contributed by atoms with Crippen LogP contribution in [-0.2, 0) is 0 Å². The molecule has 0 aromatic heterocycles. The lowest BCUT2D eigenvalue weighted by Crippen LogP contribution is -2.16. The molecule has 0 aliphatic rings. The molecule has 0 aliphatic heterocycles. The Morgan fingerprint density at radius 1 is 1.13 bits per heavy atom. The number of nitrogens with one attached hydrogen (secondary N) is 1. The van der Waals surface area contributed by atoms with E-state index in [9.17, 15) is 9.59 Å². The van der Waals surface area contributed by atoms with Gasteiger partial charge >= 0.3 is 0 Å². The number of hydrogen-bond donors (Lipinski definition) is 3. The van der Waals surface area contributed by atoms with E-state index in [0.717, 1.165) is 0 Å². The summed E-state index contributed by atoms with van der Waals surface area (Å²) >= 11 is 0. The zero-order chi connectivity index (χ0) is 11.4. The van der Waals surface area contributed by atoms with Gasteiger partial charge in [0, 0.05) is 23.4 Å². The molecule has 15 heavy (non-hydrogen) atoms. The fourth-order valence-electron chi connectivity index (χ4n) is 1.22. The maximum atomic E-state index is 11.0. The number of primary amides is 2. The highest BCUT2D eigenvalue weighted by molar-refractivity contribution is 5.99. The first kappa shape index (κ1) is 11.0. The van der Waals surface area contributed by atoms with Crippen molar-refractivity contribution in [3.05, 3.63) is 29.3 Å². The van der Waals surface area contributed by atoms with Crippen molar-refractivity contribution < 1.29 is 9.59 Å². The molecule has 0 saturated carbocycles. The van der Waals surface area contributed by atoms with Gasteiger partial charge in [-0.2, -0.15) is 0 Å². The Morgan fingerprint density at radius 2 is 1.60 bits per heavy atom. The van der Waals surface area contributed by atoms with Crippen LogP contribution in [0.1, 0.15) is 27.6 Å². The second-order valence-electron chi connectivity index (χ2n) is 3.06. The topological polar surface area (TPSA) is 98.2 Å². The van der Waals surface area contributed by atoms with E-state index < -0.39 is 11.8 Å². The number of nitrogens with two attached hydrogens (primary N) is 2. The van der Waals surface area contributed by atoms with Crippen LogP contribution in [0.3, 0.4) is 0 Å². The van der Waals surface area contributed by atoms with E-state index in [0.29, 0.717) is 12.2 Å². The van der Waals surface area contributed by atoms with Crippen LogP contribution in [0.2, 0.25) is 0 Å². The molecule has 5 nitrogen and oxygen atoms in total. The number of hydrogen-bond acceptors (Lipinski definition) is 3. The summed E-state index contributed by atoms with van der Waals surface area (Å²) in [7, 11) is 0. The standard InChI is InChI=1S/C10H13N3O2/c1-2-13-8-4-6(9(11)14)3-7(5-8)10(12)15/h3-5,13H,2H2,1H3,(H2,11,14)(H2,12,15). The lowest BCUT2D eigenvalue weighted by atomic mass is 10.1. The van der Waals surface area contributed by atoms with E-state index in [1.165, 1.54) is 6.07 Å². The van der Waals surface area contributed by atoms with Crippen molar-refractivity contribution in [3.8, 4) is 0 Å². The van der Waals surface area contributed by atoms with Gasteiger partial charge in [-0.05, 0) is 25.1 Å². The number of anilines is 1. The fourth-order valence-corrected chi connectivity index (χ4v) is 1.22. The van der Waals surface area contributed by atoms with Gasteiger partial charge in [0.25, 0.3) is 0 Å². The summed E-state index contributed by atoms with van der Waals surface area (Å²) < 4.78 is 0. The molecular weight excluding hydrogens is 194 g/mol. The molecule has 0 fully saturated rings. The molecule has 5 N–H and O–H groups in total. The van der Waals surface area contributed by atoms with Gasteiger partial charge in [0.2, 0.25) is 11.8 Å². The summed E-state index contributed by atoms with van der Waals surface area (Å²) in [6.45, 7) is 2.58. The van der Waals surface area contributed by atoms with Crippen LogP contribution in [0.25, 0.3) is 0 Å². The van der Waals surface area contributed by atoms with Crippen LogP contribution in [0, 0.1) is 0 Å². The molecular formula is C10H13N3O2. The van der Waals surface area contributed by atoms with Gasteiger partial charge in [0.15, 0.2) is 0 Å². The minimum Gasteiger partial charge on any atom is -0.385 e. The molecule has 0 aliphatic carbocycles. The molecule has 1 rings (SSSR count). The first-order chi connectivity index (χ1) is 7.04. The van der Waals surface area contributed by atoms with Crippen molar-refractivity contribution in [1.29, 1.82) is 0 Å². The highest BCUT2D eigenvalue weighted by atomic mass is 16.1. The van der Waals surface area contributed by atoms with Gasteiger partial charge in [0.05, 0.1) is 0 Å². The van der Waals surface area contributed by atoms with Crippen molar-refractivity contribution >= 4 is 17.5 Å². The van der Waals surface area contributed by atoms with Crippen molar-refractivity contribution in [1.82, 2.24) is 0 Å². The lowest BCUT2D eigenvalue weighted by molar-refractivity contribution is 0.0999. The average molecular weight is 207 g/mol. The molecule has 0 atom stereocenters. The predicted molar refractivity (Wildman–Crippen MR) is 57.6 cm³/mol. The average Bonchev–Trinajstić information content (AvgIpc) is 2.17. The number of carbonyl (C=O) groups is 2. The second-order valence-corrected chi connectivity index (χ2v) is 3.06. The summed E-state index contributed by atoms with van der Waals surface area (Å²) in [6.07, 6.45) is 0. The zero-order valence-electron chi connectivity index (χ0n) is 8.41. The third kappa shape index (κ3) is 2.70. The van der Waals surface area contributed by atoms with Gasteiger partial charge in [-0.15, -0.1) is 0 Å². The van der Waals surface area contributed by atoms with E-state index >= 15 is 0 Å². The first-order valence-electron chi connectivity index (χ1n) is 4.53. The molecule has 0 unspecified atom stereocenters. The van der Waals surface area contributed by atoms with Gasteiger partial charge in [0.1, 0.15) is 0 Å². The van der Waals surface area contributed by atoms with E-state index in [-0.39, 0.29) is 11.1 Å². The lowest BCUT2D eigenvalue weighted by Gasteiger charge is -2.06. The second kappa shape index (κ2) is 4.45. The minimum atomic E-state index is -0.586. The van der Waals surface area contributed by atoms with Crippen LogP contribution in [0.4, 0.5) is 5.69 Å². The largest absolute Gasteiger partial charge is 0.385 e. The SMILES string of the molecule is CCNc1cc(C(N)=O)cc(C(N)=O)c1. The van der Waals surface area contributed by atoms with Crippen LogP contribution in [0.15, 0.2) is 18.2 Å². The monoisotopic (exact) mass is 207 g/mol.